The molecule has 4 aromatic heterocycles. The van der Waals surface area contributed by atoms with Gasteiger partial charge in [-0.1, -0.05) is 0 Å². The average Bonchev–Trinajstić information content (AvgIpc) is 3.17. The molecule has 0 aromatic carbocycles. The van der Waals surface area contributed by atoms with E-state index in [1.54, 1.807) is 29.0 Å². The summed E-state index contributed by atoms with van der Waals surface area (Å²) in [5.41, 5.74) is 10.8. The van der Waals surface area contributed by atoms with Crippen LogP contribution in [0, 0.1) is 6.92 Å². The van der Waals surface area contributed by atoms with E-state index in [4.69, 9.17) is 5.73 Å². The third-order valence-electron chi connectivity index (χ3n) is 6.92. The van der Waals surface area contributed by atoms with Crippen LogP contribution in [0.15, 0.2) is 30.6 Å². The minimum absolute atomic E-state index is 0.0342. The lowest BCUT2D eigenvalue weighted by molar-refractivity contribution is -0.130. The maximum Gasteiger partial charge on any atom is 0.244 e. The fourth-order valence-electron chi connectivity index (χ4n) is 4.82. The Hall–Kier alpha value is -4.28. The Bertz CT molecular complexity index is 1520. The monoisotopic (exact) mass is 487 g/mol. The number of pyridine rings is 3. The van der Waals surface area contributed by atoms with E-state index in [0.717, 1.165) is 39.7 Å². The number of hydrogen-bond acceptors (Lipinski definition) is 8. The summed E-state index contributed by atoms with van der Waals surface area (Å²) in [6.45, 7) is 3.38. The summed E-state index contributed by atoms with van der Waals surface area (Å²) < 4.78 is 16.1. The van der Waals surface area contributed by atoms with Gasteiger partial charge in [-0.15, -0.1) is 0 Å². The number of nitrogen functional groups attached to an aromatic ring is 1. The second kappa shape index (κ2) is 8.43. The van der Waals surface area contributed by atoms with Crippen molar-refractivity contribution >= 4 is 39.8 Å². The first-order valence-corrected chi connectivity index (χ1v) is 11.9. The quantitative estimate of drug-likeness (QED) is 0.402. The molecule has 6 rings (SSSR count). The molecule has 0 saturated heterocycles. The number of anilines is 4. The molecule has 6 heterocycles. The van der Waals surface area contributed by atoms with E-state index >= 15 is 0 Å². The molecule has 0 saturated carbocycles. The second-order valence-corrected chi connectivity index (χ2v) is 9.29. The van der Waals surface area contributed by atoms with Crippen molar-refractivity contribution in [2.24, 2.45) is 0 Å². The maximum atomic E-state index is 14.3. The molecule has 0 unspecified atom stereocenters. The molecule has 10 nitrogen and oxygen atoms in total. The Kier molecular flexibility index (Phi) is 5.20. The molecule has 11 heteroatoms. The van der Waals surface area contributed by atoms with Crippen LogP contribution in [0.4, 0.5) is 27.5 Å². The van der Waals surface area contributed by atoms with Crippen LogP contribution in [0.1, 0.15) is 29.5 Å². The van der Waals surface area contributed by atoms with Crippen LogP contribution in [0.3, 0.4) is 0 Å². The highest BCUT2D eigenvalue weighted by Crippen LogP contribution is 2.38. The van der Waals surface area contributed by atoms with Gasteiger partial charge in [-0.25, -0.2) is 14.4 Å². The zero-order valence-corrected chi connectivity index (χ0v) is 20.0. The highest BCUT2D eigenvalue weighted by molar-refractivity contribution is 5.95. The molecule has 36 heavy (non-hydrogen) atoms. The third kappa shape index (κ3) is 3.76. The SMILES string of the molecule is Cc1c(-c2cc3cc(Nc4cc5n(n4)CC(=O)N(C)CC5)ncc3c(N)n2)cnc2c1NCC[C@@H]2F. The van der Waals surface area contributed by atoms with E-state index in [9.17, 15) is 9.18 Å². The first kappa shape index (κ1) is 22.2. The van der Waals surface area contributed by atoms with Crippen molar-refractivity contribution in [3.8, 4) is 11.3 Å². The predicted molar refractivity (Wildman–Crippen MR) is 136 cm³/mol. The highest BCUT2D eigenvalue weighted by atomic mass is 19.1. The van der Waals surface area contributed by atoms with Crippen LogP contribution in [0.2, 0.25) is 0 Å². The van der Waals surface area contributed by atoms with E-state index in [1.807, 2.05) is 25.1 Å². The number of amides is 1. The van der Waals surface area contributed by atoms with E-state index in [-0.39, 0.29) is 12.5 Å². The Labute approximate surface area is 206 Å². The molecular formula is C25H26FN9O. The van der Waals surface area contributed by atoms with Crippen LogP contribution in [-0.4, -0.2) is 55.7 Å². The largest absolute Gasteiger partial charge is 0.383 e. The van der Waals surface area contributed by atoms with Gasteiger partial charge >= 0.3 is 0 Å². The standard InChI is InChI=1S/C25H26FN9O/c1-13-16(10-30-24-18(26)3-5-28-23(13)24)19-7-14-8-20(29-11-17(14)25(27)31-19)32-21-9-15-4-6-34(2)22(36)12-35(15)33-21/h7-11,18,28H,3-6,12H2,1-2H3,(H2,27,31)(H,29,32,33)/t18-/m0/s1. The first-order chi connectivity index (χ1) is 17.4. The minimum atomic E-state index is -1.07. The third-order valence-corrected chi connectivity index (χ3v) is 6.92. The number of fused-ring (bicyclic) bond motifs is 3. The van der Waals surface area contributed by atoms with Gasteiger partial charge in [-0.05, 0) is 30.0 Å². The van der Waals surface area contributed by atoms with Crippen LogP contribution in [-0.2, 0) is 17.8 Å². The molecule has 2 aliphatic rings. The van der Waals surface area contributed by atoms with Crippen molar-refractivity contribution in [3.63, 3.8) is 0 Å². The number of aromatic nitrogens is 5. The van der Waals surface area contributed by atoms with Crippen LogP contribution in [0.25, 0.3) is 22.0 Å². The summed E-state index contributed by atoms with van der Waals surface area (Å²) in [7, 11) is 1.80. The zero-order valence-electron chi connectivity index (χ0n) is 20.0. The summed E-state index contributed by atoms with van der Waals surface area (Å²) in [5, 5.41) is 12.6. The van der Waals surface area contributed by atoms with E-state index in [0.29, 0.717) is 48.4 Å². The summed E-state index contributed by atoms with van der Waals surface area (Å²) >= 11 is 0. The van der Waals surface area contributed by atoms with Crippen molar-refractivity contribution in [2.75, 3.05) is 36.5 Å². The van der Waals surface area contributed by atoms with Gasteiger partial charge in [0.1, 0.15) is 24.4 Å². The van der Waals surface area contributed by atoms with Gasteiger partial charge in [0.25, 0.3) is 0 Å². The first-order valence-electron chi connectivity index (χ1n) is 11.9. The topological polar surface area (TPSA) is 127 Å². The lowest BCUT2D eigenvalue weighted by Crippen LogP contribution is -2.29. The Morgan fingerprint density at radius 3 is 2.92 bits per heavy atom. The molecule has 4 aromatic rings. The van der Waals surface area contributed by atoms with E-state index < -0.39 is 6.17 Å². The molecule has 0 spiro atoms. The lowest BCUT2D eigenvalue weighted by atomic mass is 9.98. The predicted octanol–water partition coefficient (Wildman–Crippen LogP) is 3.36. The van der Waals surface area contributed by atoms with Gasteiger partial charge in [0.05, 0.1) is 17.1 Å². The molecule has 0 bridgehead atoms. The Balaban J connectivity index is 1.34. The number of nitrogens with two attached hydrogens (primary N) is 1. The fraction of sp³-hybridized carbons (Fsp3) is 0.320. The summed E-state index contributed by atoms with van der Waals surface area (Å²) in [6, 6.07) is 5.76. The molecule has 1 atom stereocenters. The summed E-state index contributed by atoms with van der Waals surface area (Å²) in [6.07, 6.45) is 3.42. The van der Waals surface area contributed by atoms with E-state index in [1.165, 1.54) is 0 Å². The normalized spacial score (nSPS) is 17.4. The number of carbonyl (C=O) groups excluding carboxylic acids is 1. The van der Waals surface area contributed by atoms with Crippen LogP contribution < -0.4 is 16.4 Å². The molecule has 2 aliphatic heterocycles. The number of likely N-dealkylation sites (N-methyl/N-ethyl adjacent to an activating group) is 1. The number of hydrogen-bond donors (Lipinski definition) is 3. The highest BCUT2D eigenvalue weighted by Gasteiger charge is 2.24. The van der Waals surface area contributed by atoms with Gasteiger partial charge in [0.2, 0.25) is 5.91 Å². The number of rotatable bonds is 3. The number of halogens is 1. The van der Waals surface area contributed by atoms with Crippen molar-refractivity contribution in [1.82, 2.24) is 29.6 Å². The molecule has 0 aliphatic carbocycles. The molecular weight excluding hydrogens is 461 g/mol. The van der Waals surface area contributed by atoms with Gasteiger partial charge in [-0.2, -0.15) is 5.10 Å². The fourth-order valence-corrected chi connectivity index (χ4v) is 4.82. The zero-order chi connectivity index (χ0) is 25.0. The summed E-state index contributed by atoms with van der Waals surface area (Å²) in [5.74, 6) is 1.61. The number of nitrogens with one attached hydrogen (secondary N) is 2. The van der Waals surface area contributed by atoms with E-state index in [2.05, 4.69) is 30.7 Å². The smallest absolute Gasteiger partial charge is 0.244 e. The Morgan fingerprint density at radius 2 is 2.06 bits per heavy atom. The molecule has 4 N–H and O–H groups in total. The van der Waals surface area contributed by atoms with Crippen molar-refractivity contribution in [2.45, 2.75) is 32.5 Å². The molecule has 1 amide bonds. The van der Waals surface area contributed by atoms with Crippen LogP contribution >= 0.6 is 0 Å². The maximum absolute atomic E-state index is 14.3. The van der Waals surface area contributed by atoms with Crippen molar-refractivity contribution < 1.29 is 9.18 Å². The van der Waals surface area contributed by atoms with Gasteiger partial charge in [0.15, 0.2) is 5.82 Å². The average molecular weight is 488 g/mol. The van der Waals surface area contributed by atoms with Gasteiger partial charge < -0.3 is 21.3 Å². The molecule has 0 radical (unpaired) electrons. The second-order valence-electron chi connectivity index (χ2n) is 9.29. The van der Waals surface area contributed by atoms with Crippen molar-refractivity contribution in [3.05, 3.63) is 47.5 Å². The minimum Gasteiger partial charge on any atom is -0.383 e. The molecule has 0 fully saturated rings. The number of carbonyl (C=O) groups is 1. The van der Waals surface area contributed by atoms with Gasteiger partial charge in [0, 0.05) is 68.1 Å². The van der Waals surface area contributed by atoms with Crippen LogP contribution in [0.5, 0.6) is 0 Å². The molecule has 184 valence electrons. The number of alkyl halides is 1. The number of nitrogens with zero attached hydrogens (tertiary/aromatic N) is 6. The van der Waals surface area contributed by atoms with Crippen molar-refractivity contribution in [1.29, 1.82) is 0 Å². The van der Waals surface area contributed by atoms with Gasteiger partial charge in [-0.3, -0.25) is 14.5 Å². The lowest BCUT2D eigenvalue weighted by Gasteiger charge is -2.23. The summed E-state index contributed by atoms with van der Waals surface area (Å²) in [4.78, 5) is 27.3. The Morgan fingerprint density at radius 1 is 1.19 bits per heavy atom.